The second-order valence-electron chi connectivity index (χ2n) is 5.98. The van der Waals surface area contributed by atoms with E-state index in [1.165, 1.54) is 11.5 Å². The molecule has 1 amide bonds. The first kappa shape index (κ1) is 17.2. The van der Waals surface area contributed by atoms with E-state index in [2.05, 4.69) is 9.97 Å². The Morgan fingerprint density at radius 1 is 1.48 bits per heavy atom. The second-order valence-corrected chi connectivity index (χ2v) is 5.98. The number of nitrogens with zero attached hydrogens (tertiary/aromatic N) is 3. The molecule has 2 aromatic rings. The molecule has 1 saturated heterocycles. The number of fused-ring (bicyclic) bond motifs is 1. The summed E-state index contributed by atoms with van der Waals surface area (Å²) in [5, 5.41) is 29.9. The highest BCUT2D eigenvalue weighted by atomic mass is 16.6. The van der Waals surface area contributed by atoms with Crippen molar-refractivity contribution < 1.29 is 24.9 Å². The SMILES string of the molecule is CC1(O)C(n2cc(C(N)=O)c(=O)c3c(N)ncnc32)OC(CO)[C@H]1O. The molecule has 4 atom stereocenters. The number of hydrogen-bond donors (Lipinski definition) is 5. The first-order chi connectivity index (χ1) is 11.7. The van der Waals surface area contributed by atoms with Crippen molar-refractivity contribution in [2.24, 2.45) is 5.73 Å². The van der Waals surface area contributed by atoms with Crippen LogP contribution in [0.3, 0.4) is 0 Å². The number of primary amides is 1. The van der Waals surface area contributed by atoms with Crippen molar-refractivity contribution in [1.29, 1.82) is 0 Å². The fraction of sp³-hybridized carbons (Fsp3) is 0.429. The third-order valence-corrected chi connectivity index (χ3v) is 4.29. The lowest BCUT2D eigenvalue weighted by molar-refractivity contribution is -0.0951. The third kappa shape index (κ3) is 2.44. The minimum atomic E-state index is -1.86. The van der Waals surface area contributed by atoms with Gasteiger partial charge in [-0.1, -0.05) is 0 Å². The van der Waals surface area contributed by atoms with Crippen molar-refractivity contribution in [3.05, 3.63) is 28.3 Å². The molecule has 0 spiro atoms. The first-order valence-corrected chi connectivity index (χ1v) is 7.32. The average molecular weight is 351 g/mol. The summed E-state index contributed by atoms with van der Waals surface area (Å²) in [6, 6.07) is 0. The molecule has 1 fully saturated rings. The predicted octanol–water partition coefficient (Wildman–Crippen LogP) is -2.53. The van der Waals surface area contributed by atoms with E-state index < -0.39 is 47.5 Å². The Balaban J connectivity index is 2.34. The quantitative estimate of drug-likeness (QED) is 0.397. The fourth-order valence-corrected chi connectivity index (χ4v) is 2.94. The van der Waals surface area contributed by atoms with E-state index in [4.69, 9.17) is 16.2 Å². The largest absolute Gasteiger partial charge is 0.394 e. The number of anilines is 1. The molecule has 2 aromatic heterocycles. The Morgan fingerprint density at radius 3 is 2.72 bits per heavy atom. The lowest BCUT2D eigenvalue weighted by Gasteiger charge is -2.29. The molecule has 0 aliphatic carbocycles. The Labute approximate surface area is 140 Å². The van der Waals surface area contributed by atoms with E-state index in [1.807, 2.05) is 0 Å². The summed E-state index contributed by atoms with van der Waals surface area (Å²) in [6.07, 6.45) is -1.60. The normalized spacial score (nSPS) is 29.2. The number of carbonyl (C=O) groups excluding carboxylic acids is 1. The Morgan fingerprint density at radius 2 is 2.16 bits per heavy atom. The zero-order chi connectivity index (χ0) is 18.5. The van der Waals surface area contributed by atoms with Gasteiger partial charge in [-0.3, -0.25) is 9.59 Å². The second kappa shape index (κ2) is 5.74. The van der Waals surface area contributed by atoms with Crippen molar-refractivity contribution in [3.8, 4) is 0 Å². The van der Waals surface area contributed by atoms with Gasteiger partial charge in [0.1, 0.15) is 40.9 Å². The summed E-state index contributed by atoms with van der Waals surface area (Å²) < 4.78 is 6.68. The number of pyridine rings is 1. The number of aliphatic hydroxyl groups is 3. The van der Waals surface area contributed by atoms with Gasteiger partial charge in [0.25, 0.3) is 5.91 Å². The molecule has 0 bridgehead atoms. The molecule has 0 saturated carbocycles. The van der Waals surface area contributed by atoms with Crippen LogP contribution in [0.2, 0.25) is 0 Å². The van der Waals surface area contributed by atoms with E-state index in [-0.39, 0.29) is 16.9 Å². The van der Waals surface area contributed by atoms with Crippen molar-refractivity contribution in [3.63, 3.8) is 0 Å². The van der Waals surface area contributed by atoms with Crippen LogP contribution in [0.4, 0.5) is 5.82 Å². The van der Waals surface area contributed by atoms with Gasteiger partial charge in [-0.2, -0.15) is 0 Å². The maximum atomic E-state index is 12.4. The van der Waals surface area contributed by atoms with Crippen molar-refractivity contribution in [1.82, 2.24) is 14.5 Å². The van der Waals surface area contributed by atoms with E-state index in [0.29, 0.717) is 0 Å². The highest BCUT2D eigenvalue weighted by Crippen LogP contribution is 2.39. The molecular weight excluding hydrogens is 334 g/mol. The zero-order valence-electron chi connectivity index (χ0n) is 13.2. The Hall–Kier alpha value is -2.60. The van der Waals surface area contributed by atoms with Crippen LogP contribution in [-0.4, -0.2) is 60.2 Å². The van der Waals surface area contributed by atoms with Gasteiger partial charge in [-0.15, -0.1) is 0 Å². The standard InChI is InChI=1S/C14H17N5O6/c1-14(24)9(22)6(3-20)25-13(14)19-2-5(11(16)23)8(21)7-10(15)17-4-18-12(7)19/h2,4,6,9,13,20,22,24H,3H2,1H3,(H2,16,23)(H2,15,17,18)/t6?,9-,13?,14?/m1/s1. The van der Waals surface area contributed by atoms with E-state index in [9.17, 15) is 24.9 Å². The number of amides is 1. The number of nitrogen functional groups attached to an aromatic ring is 1. The van der Waals surface area contributed by atoms with E-state index in [0.717, 1.165) is 12.5 Å². The van der Waals surface area contributed by atoms with Crippen LogP contribution >= 0.6 is 0 Å². The summed E-state index contributed by atoms with van der Waals surface area (Å²) in [6.45, 7) is 0.738. The smallest absolute Gasteiger partial charge is 0.254 e. The van der Waals surface area contributed by atoms with Gasteiger partial charge in [0.2, 0.25) is 5.43 Å². The lowest BCUT2D eigenvalue weighted by Crippen LogP contribution is -2.44. The van der Waals surface area contributed by atoms with Crippen LogP contribution in [0, 0.1) is 0 Å². The number of aliphatic hydroxyl groups excluding tert-OH is 2. The van der Waals surface area contributed by atoms with E-state index in [1.54, 1.807) is 0 Å². The zero-order valence-corrected chi connectivity index (χ0v) is 13.2. The highest BCUT2D eigenvalue weighted by molar-refractivity contribution is 5.97. The molecule has 25 heavy (non-hydrogen) atoms. The molecule has 0 aromatic carbocycles. The Bertz CT molecular complexity index is 910. The molecule has 1 aliphatic rings. The van der Waals surface area contributed by atoms with Crippen LogP contribution in [0.15, 0.2) is 17.3 Å². The van der Waals surface area contributed by atoms with Gasteiger partial charge in [0, 0.05) is 6.20 Å². The van der Waals surface area contributed by atoms with Crippen LogP contribution in [0.5, 0.6) is 0 Å². The van der Waals surface area contributed by atoms with Gasteiger partial charge in [-0.05, 0) is 6.92 Å². The van der Waals surface area contributed by atoms with Gasteiger partial charge in [-0.25, -0.2) is 9.97 Å². The molecule has 3 heterocycles. The molecular formula is C14H17N5O6. The van der Waals surface area contributed by atoms with Crippen molar-refractivity contribution in [2.75, 3.05) is 12.3 Å². The fourth-order valence-electron chi connectivity index (χ4n) is 2.94. The monoisotopic (exact) mass is 351 g/mol. The number of rotatable bonds is 3. The van der Waals surface area contributed by atoms with Crippen molar-refractivity contribution in [2.45, 2.75) is 31.0 Å². The minimum absolute atomic E-state index is 0.0152. The minimum Gasteiger partial charge on any atom is -0.394 e. The maximum absolute atomic E-state index is 12.4. The predicted molar refractivity (Wildman–Crippen MR) is 84.4 cm³/mol. The highest BCUT2D eigenvalue weighted by Gasteiger charge is 2.53. The topological polar surface area (TPSA) is 187 Å². The third-order valence-electron chi connectivity index (χ3n) is 4.29. The van der Waals surface area contributed by atoms with Crippen LogP contribution < -0.4 is 16.9 Å². The number of ether oxygens (including phenoxy) is 1. The molecule has 3 rings (SSSR count). The molecule has 11 nitrogen and oxygen atoms in total. The summed E-state index contributed by atoms with van der Waals surface area (Å²) in [5.41, 5.74) is 7.94. The summed E-state index contributed by atoms with van der Waals surface area (Å²) in [7, 11) is 0. The Kier molecular flexibility index (Phi) is 3.95. The van der Waals surface area contributed by atoms with E-state index >= 15 is 0 Å². The summed E-state index contributed by atoms with van der Waals surface area (Å²) in [5.74, 6) is -1.19. The molecule has 3 unspecified atom stereocenters. The maximum Gasteiger partial charge on any atom is 0.254 e. The average Bonchev–Trinajstić information content (AvgIpc) is 2.78. The van der Waals surface area contributed by atoms with Crippen LogP contribution in [0.25, 0.3) is 11.0 Å². The van der Waals surface area contributed by atoms with Crippen LogP contribution in [0.1, 0.15) is 23.5 Å². The summed E-state index contributed by atoms with van der Waals surface area (Å²) >= 11 is 0. The number of hydrogen-bond acceptors (Lipinski definition) is 9. The number of nitrogens with two attached hydrogens (primary N) is 2. The van der Waals surface area contributed by atoms with Crippen LogP contribution in [-0.2, 0) is 4.74 Å². The molecule has 134 valence electrons. The molecule has 1 aliphatic heterocycles. The summed E-state index contributed by atoms with van der Waals surface area (Å²) in [4.78, 5) is 31.8. The van der Waals surface area contributed by atoms with Gasteiger partial charge >= 0.3 is 0 Å². The molecule has 7 N–H and O–H groups in total. The van der Waals surface area contributed by atoms with Gasteiger partial charge in [0.15, 0.2) is 11.9 Å². The van der Waals surface area contributed by atoms with Gasteiger partial charge < -0.3 is 36.1 Å². The lowest BCUT2D eigenvalue weighted by atomic mass is 9.96. The number of carbonyl (C=O) groups is 1. The van der Waals surface area contributed by atoms with Gasteiger partial charge in [0.05, 0.1) is 6.61 Å². The number of aromatic nitrogens is 3. The molecule has 11 heteroatoms. The first-order valence-electron chi connectivity index (χ1n) is 7.32. The molecule has 0 radical (unpaired) electrons. The van der Waals surface area contributed by atoms with Crippen molar-refractivity contribution >= 4 is 22.8 Å².